The lowest BCUT2D eigenvalue weighted by Gasteiger charge is -2.12. The summed E-state index contributed by atoms with van der Waals surface area (Å²) in [6, 6.07) is 6.33. The van der Waals surface area contributed by atoms with E-state index in [0.717, 1.165) is 0 Å². The summed E-state index contributed by atoms with van der Waals surface area (Å²) < 4.78 is 32.3. The normalized spacial score (nSPS) is 11.1. The van der Waals surface area contributed by atoms with Crippen LogP contribution in [0.4, 0.5) is 5.95 Å². The zero-order chi connectivity index (χ0) is 15.3. The molecule has 2 aromatic rings. The van der Waals surface area contributed by atoms with Gasteiger partial charge in [-0.25, -0.2) is 23.1 Å². The summed E-state index contributed by atoms with van der Waals surface area (Å²) in [5.41, 5.74) is 6.12. The molecule has 0 fully saturated rings. The molecule has 0 aliphatic rings. The van der Waals surface area contributed by atoms with Gasteiger partial charge in [-0.05, 0) is 42.8 Å². The van der Waals surface area contributed by atoms with Crippen LogP contribution in [0.3, 0.4) is 0 Å². The third kappa shape index (κ3) is 3.67. The molecule has 2 rings (SSSR count). The Kier molecular flexibility index (Phi) is 4.71. The second-order valence-electron chi connectivity index (χ2n) is 4.19. The van der Waals surface area contributed by atoms with Crippen LogP contribution in [-0.2, 0) is 16.4 Å². The number of nitrogens with zero attached hydrogens (tertiary/aromatic N) is 2. The Hall–Kier alpha value is -2.19. The maximum Gasteiger partial charge on any atom is 0.264 e. The van der Waals surface area contributed by atoms with Crippen LogP contribution in [-0.4, -0.2) is 32.0 Å². The number of hydrogen-bond donors (Lipinski definition) is 2. The van der Waals surface area contributed by atoms with Gasteiger partial charge in [0.1, 0.15) is 5.75 Å². The number of aromatic nitrogens is 2. The number of nitrogens with one attached hydrogen (secondary N) is 1. The van der Waals surface area contributed by atoms with Gasteiger partial charge >= 0.3 is 0 Å². The third-order valence-electron chi connectivity index (χ3n) is 2.76. The molecule has 7 nitrogen and oxygen atoms in total. The first-order valence-corrected chi connectivity index (χ1v) is 7.72. The lowest BCUT2D eigenvalue weighted by molar-refractivity contribution is 0.414. The molecule has 0 bridgehead atoms. The molecule has 1 aromatic carbocycles. The fourth-order valence-electron chi connectivity index (χ4n) is 1.82. The van der Waals surface area contributed by atoms with E-state index in [0.29, 0.717) is 24.3 Å². The van der Waals surface area contributed by atoms with Gasteiger partial charge in [0.25, 0.3) is 10.0 Å². The fourth-order valence-corrected chi connectivity index (χ4v) is 3.03. The van der Waals surface area contributed by atoms with Crippen LogP contribution in [0, 0.1) is 0 Å². The maximum atomic E-state index is 12.4. The van der Waals surface area contributed by atoms with Crippen LogP contribution in [0.5, 0.6) is 5.75 Å². The summed E-state index contributed by atoms with van der Waals surface area (Å²) in [5.74, 6) is 0.598. The number of hydrogen-bond acceptors (Lipinski definition) is 6. The van der Waals surface area contributed by atoms with Gasteiger partial charge in [-0.1, -0.05) is 0 Å². The molecule has 0 unspecified atom stereocenters. The van der Waals surface area contributed by atoms with E-state index in [-0.39, 0.29) is 10.8 Å². The SMILES string of the molecule is COc1ccc(S(=O)(=O)Nc2ncccn2)c(CCN)c1. The number of rotatable bonds is 6. The Morgan fingerprint density at radius 2 is 2.00 bits per heavy atom. The van der Waals surface area contributed by atoms with Crippen LogP contribution in [0.2, 0.25) is 0 Å². The minimum Gasteiger partial charge on any atom is -0.497 e. The molecule has 3 N–H and O–H groups in total. The third-order valence-corrected chi connectivity index (χ3v) is 4.19. The van der Waals surface area contributed by atoms with Gasteiger partial charge < -0.3 is 10.5 Å². The Bertz CT molecular complexity index is 705. The Labute approximate surface area is 123 Å². The number of methoxy groups -OCH3 is 1. The van der Waals surface area contributed by atoms with E-state index in [1.165, 1.54) is 25.6 Å². The number of anilines is 1. The molecule has 0 amide bonds. The molecular formula is C13H16N4O3S. The van der Waals surface area contributed by atoms with Crippen molar-refractivity contribution in [3.05, 3.63) is 42.2 Å². The van der Waals surface area contributed by atoms with E-state index in [2.05, 4.69) is 14.7 Å². The summed E-state index contributed by atoms with van der Waals surface area (Å²) in [5, 5.41) is 0. The van der Waals surface area contributed by atoms with E-state index in [4.69, 9.17) is 10.5 Å². The highest BCUT2D eigenvalue weighted by Crippen LogP contribution is 2.23. The zero-order valence-electron chi connectivity index (χ0n) is 11.5. The van der Waals surface area contributed by atoms with Crippen LogP contribution in [0.25, 0.3) is 0 Å². The van der Waals surface area contributed by atoms with Crippen molar-refractivity contribution in [2.75, 3.05) is 18.4 Å². The van der Waals surface area contributed by atoms with E-state index in [9.17, 15) is 8.42 Å². The van der Waals surface area contributed by atoms with Crippen LogP contribution in [0.1, 0.15) is 5.56 Å². The molecule has 0 radical (unpaired) electrons. The quantitative estimate of drug-likeness (QED) is 0.817. The van der Waals surface area contributed by atoms with Crippen molar-refractivity contribution in [1.82, 2.24) is 9.97 Å². The molecule has 1 aromatic heterocycles. The predicted molar refractivity (Wildman–Crippen MR) is 78.6 cm³/mol. The summed E-state index contributed by atoms with van der Waals surface area (Å²) in [6.07, 6.45) is 3.34. The first kappa shape index (κ1) is 15.2. The van der Waals surface area contributed by atoms with Crippen molar-refractivity contribution in [3.8, 4) is 5.75 Å². The number of sulfonamides is 1. The van der Waals surface area contributed by atoms with Gasteiger partial charge in [-0.3, -0.25) is 0 Å². The lowest BCUT2D eigenvalue weighted by atomic mass is 10.1. The summed E-state index contributed by atoms with van der Waals surface area (Å²) in [7, 11) is -2.26. The molecule has 0 aliphatic heterocycles. The first-order chi connectivity index (χ1) is 10.1. The predicted octanol–water partition coefficient (Wildman–Crippen LogP) is 0.787. The second kappa shape index (κ2) is 6.51. The average molecular weight is 308 g/mol. The molecule has 1 heterocycles. The minimum atomic E-state index is -3.78. The Morgan fingerprint density at radius 3 is 2.62 bits per heavy atom. The molecule has 0 saturated heterocycles. The Balaban J connectivity index is 2.39. The standard InChI is InChI=1S/C13H16N4O3S/c1-20-11-3-4-12(10(9-11)5-6-14)21(18,19)17-13-15-7-2-8-16-13/h2-4,7-9H,5-6,14H2,1H3,(H,15,16,17). The number of ether oxygens (including phenoxy) is 1. The molecule has 21 heavy (non-hydrogen) atoms. The van der Waals surface area contributed by atoms with E-state index >= 15 is 0 Å². The summed E-state index contributed by atoms with van der Waals surface area (Å²) >= 11 is 0. The zero-order valence-corrected chi connectivity index (χ0v) is 12.3. The molecule has 0 atom stereocenters. The maximum absolute atomic E-state index is 12.4. The molecule has 8 heteroatoms. The van der Waals surface area contributed by atoms with Gasteiger partial charge in [0.05, 0.1) is 12.0 Å². The van der Waals surface area contributed by atoms with Crippen molar-refractivity contribution in [1.29, 1.82) is 0 Å². The van der Waals surface area contributed by atoms with Crippen LogP contribution >= 0.6 is 0 Å². The van der Waals surface area contributed by atoms with Crippen molar-refractivity contribution in [3.63, 3.8) is 0 Å². The molecule has 0 aliphatic carbocycles. The largest absolute Gasteiger partial charge is 0.497 e. The number of benzene rings is 1. The van der Waals surface area contributed by atoms with Crippen molar-refractivity contribution in [2.24, 2.45) is 5.73 Å². The van der Waals surface area contributed by atoms with E-state index in [1.54, 1.807) is 18.2 Å². The monoisotopic (exact) mass is 308 g/mol. The van der Waals surface area contributed by atoms with Gasteiger partial charge in [0.2, 0.25) is 5.95 Å². The van der Waals surface area contributed by atoms with Crippen molar-refractivity contribution < 1.29 is 13.2 Å². The van der Waals surface area contributed by atoms with Crippen molar-refractivity contribution >= 4 is 16.0 Å². The smallest absolute Gasteiger partial charge is 0.264 e. The van der Waals surface area contributed by atoms with Crippen molar-refractivity contribution in [2.45, 2.75) is 11.3 Å². The fraction of sp³-hybridized carbons (Fsp3) is 0.231. The lowest BCUT2D eigenvalue weighted by Crippen LogP contribution is -2.18. The highest BCUT2D eigenvalue weighted by molar-refractivity contribution is 7.92. The van der Waals surface area contributed by atoms with Crippen LogP contribution in [0.15, 0.2) is 41.6 Å². The van der Waals surface area contributed by atoms with Gasteiger partial charge in [-0.15, -0.1) is 0 Å². The van der Waals surface area contributed by atoms with E-state index < -0.39 is 10.0 Å². The molecule has 0 saturated carbocycles. The first-order valence-electron chi connectivity index (χ1n) is 6.23. The minimum absolute atomic E-state index is 0.0204. The van der Waals surface area contributed by atoms with Gasteiger partial charge in [0, 0.05) is 12.4 Å². The molecule has 0 spiro atoms. The topological polar surface area (TPSA) is 107 Å². The average Bonchev–Trinajstić information content (AvgIpc) is 2.48. The summed E-state index contributed by atoms with van der Waals surface area (Å²) in [6.45, 7) is 0.331. The Morgan fingerprint density at radius 1 is 1.29 bits per heavy atom. The highest BCUT2D eigenvalue weighted by atomic mass is 32.2. The highest BCUT2D eigenvalue weighted by Gasteiger charge is 2.20. The van der Waals surface area contributed by atoms with Gasteiger partial charge in [-0.2, -0.15) is 0 Å². The summed E-state index contributed by atoms with van der Waals surface area (Å²) in [4.78, 5) is 7.84. The van der Waals surface area contributed by atoms with Crippen LogP contribution < -0.4 is 15.2 Å². The molecule has 112 valence electrons. The number of nitrogens with two attached hydrogens (primary N) is 1. The molecular weight excluding hydrogens is 292 g/mol. The second-order valence-corrected chi connectivity index (χ2v) is 5.84. The van der Waals surface area contributed by atoms with E-state index in [1.807, 2.05) is 0 Å². The van der Waals surface area contributed by atoms with Gasteiger partial charge in [0.15, 0.2) is 0 Å².